The van der Waals surface area contributed by atoms with Gasteiger partial charge < -0.3 is 11.1 Å². The van der Waals surface area contributed by atoms with E-state index in [4.69, 9.17) is 5.73 Å². The molecule has 0 aliphatic heterocycles. The Morgan fingerprint density at radius 3 is 2.70 bits per heavy atom. The zero-order valence-corrected chi connectivity index (χ0v) is 11.5. The van der Waals surface area contributed by atoms with Gasteiger partial charge in [-0.1, -0.05) is 43.3 Å². The third kappa shape index (κ3) is 3.42. The third-order valence-electron chi connectivity index (χ3n) is 3.24. The summed E-state index contributed by atoms with van der Waals surface area (Å²) in [5, 5.41) is 2.85. The Labute approximate surface area is 119 Å². The lowest BCUT2D eigenvalue weighted by Crippen LogP contribution is -2.34. The van der Waals surface area contributed by atoms with Gasteiger partial charge in [0.15, 0.2) is 0 Å². The number of carbonyl (C=O) groups is 1. The highest BCUT2D eigenvalue weighted by molar-refractivity contribution is 5.82. The van der Waals surface area contributed by atoms with Crippen LogP contribution in [0.3, 0.4) is 0 Å². The molecule has 2 aromatic rings. The van der Waals surface area contributed by atoms with Crippen LogP contribution in [0.2, 0.25) is 0 Å². The minimum atomic E-state index is -0.648. The van der Waals surface area contributed by atoms with Crippen LogP contribution in [0.25, 0.3) is 0 Å². The summed E-state index contributed by atoms with van der Waals surface area (Å²) in [4.78, 5) is 16.4. The molecule has 0 aliphatic carbocycles. The number of hydrogen-bond acceptors (Lipinski definition) is 3. The predicted octanol–water partition coefficient (Wildman–Crippen LogP) is 1.96. The van der Waals surface area contributed by atoms with Gasteiger partial charge in [0.05, 0.1) is 12.2 Å². The summed E-state index contributed by atoms with van der Waals surface area (Å²) in [7, 11) is 0. The Bertz CT molecular complexity index is 569. The molecule has 0 saturated carbocycles. The third-order valence-corrected chi connectivity index (χ3v) is 3.24. The number of carbonyl (C=O) groups excluding carboxylic acids is 1. The number of nitrogens with one attached hydrogen (secondary N) is 1. The number of aromatic nitrogens is 1. The molecule has 20 heavy (non-hydrogen) atoms. The fourth-order valence-electron chi connectivity index (χ4n) is 2.04. The molecule has 0 aliphatic rings. The van der Waals surface area contributed by atoms with Crippen LogP contribution in [0.4, 0.5) is 0 Å². The molecule has 4 heteroatoms. The van der Waals surface area contributed by atoms with Crippen molar-refractivity contribution in [2.45, 2.75) is 25.9 Å². The maximum atomic E-state index is 12.1. The SMILES string of the molecule is CCc1cccnc1CNC(=O)[C@@H](N)c1ccccc1. The van der Waals surface area contributed by atoms with Gasteiger partial charge in [0, 0.05) is 6.20 Å². The van der Waals surface area contributed by atoms with Crippen LogP contribution >= 0.6 is 0 Å². The van der Waals surface area contributed by atoms with Gasteiger partial charge in [0.25, 0.3) is 0 Å². The molecular formula is C16H19N3O. The number of rotatable bonds is 5. The summed E-state index contributed by atoms with van der Waals surface area (Å²) in [5.74, 6) is -0.191. The summed E-state index contributed by atoms with van der Waals surface area (Å²) in [6, 6.07) is 12.6. The average Bonchev–Trinajstić information content (AvgIpc) is 2.53. The van der Waals surface area contributed by atoms with Crippen LogP contribution in [0.1, 0.15) is 29.8 Å². The molecule has 1 aromatic heterocycles. The first kappa shape index (κ1) is 14.2. The fourth-order valence-corrected chi connectivity index (χ4v) is 2.04. The topological polar surface area (TPSA) is 68.0 Å². The second-order valence-corrected chi connectivity index (χ2v) is 4.57. The van der Waals surface area contributed by atoms with E-state index in [9.17, 15) is 4.79 Å². The van der Waals surface area contributed by atoms with Crippen LogP contribution in [0, 0.1) is 0 Å². The monoisotopic (exact) mass is 269 g/mol. The molecule has 1 atom stereocenters. The number of benzene rings is 1. The van der Waals surface area contributed by atoms with Gasteiger partial charge in [-0.2, -0.15) is 0 Å². The van der Waals surface area contributed by atoms with Gasteiger partial charge in [-0.15, -0.1) is 0 Å². The minimum absolute atomic E-state index is 0.191. The molecule has 0 unspecified atom stereocenters. The molecule has 3 N–H and O–H groups in total. The van der Waals surface area contributed by atoms with E-state index in [-0.39, 0.29) is 5.91 Å². The molecule has 2 rings (SSSR count). The lowest BCUT2D eigenvalue weighted by atomic mass is 10.1. The molecule has 1 amide bonds. The van der Waals surface area contributed by atoms with E-state index >= 15 is 0 Å². The smallest absolute Gasteiger partial charge is 0.241 e. The highest BCUT2D eigenvalue weighted by Gasteiger charge is 2.15. The quantitative estimate of drug-likeness (QED) is 0.872. The molecule has 0 spiro atoms. The van der Waals surface area contributed by atoms with Crippen molar-refractivity contribution < 1.29 is 4.79 Å². The summed E-state index contributed by atoms with van der Waals surface area (Å²) < 4.78 is 0. The van der Waals surface area contributed by atoms with Gasteiger partial charge >= 0.3 is 0 Å². The summed E-state index contributed by atoms with van der Waals surface area (Å²) in [6.45, 7) is 2.47. The van der Waals surface area contributed by atoms with E-state index in [1.165, 1.54) is 0 Å². The van der Waals surface area contributed by atoms with Crippen molar-refractivity contribution in [2.24, 2.45) is 5.73 Å². The van der Waals surface area contributed by atoms with Crippen molar-refractivity contribution in [3.05, 3.63) is 65.5 Å². The van der Waals surface area contributed by atoms with E-state index in [0.29, 0.717) is 6.54 Å². The Hall–Kier alpha value is -2.20. The lowest BCUT2D eigenvalue weighted by molar-refractivity contribution is -0.122. The molecule has 4 nitrogen and oxygen atoms in total. The van der Waals surface area contributed by atoms with E-state index in [1.54, 1.807) is 6.20 Å². The summed E-state index contributed by atoms with van der Waals surface area (Å²) in [5.41, 5.74) is 8.78. The summed E-state index contributed by atoms with van der Waals surface area (Å²) >= 11 is 0. The molecule has 1 aromatic carbocycles. The normalized spacial score (nSPS) is 11.9. The van der Waals surface area contributed by atoms with Crippen LogP contribution < -0.4 is 11.1 Å². The predicted molar refractivity (Wildman–Crippen MR) is 78.8 cm³/mol. The van der Waals surface area contributed by atoms with Crippen LogP contribution in [0.15, 0.2) is 48.7 Å². The fraction of sp³-hybridized carbons (Fsp3) is 0.250. The van der Waals surface area contributed by atoms with Crippen LogP contribution in [0.5, 0.6) is 0 Å². The maximum absolute atomic E-state index is 12.1. The zero-order valence-electron chi connectivity index (χ0n) is 11.5. The van der Waals surface area contributed by atoms with Crippen LogP contribution in [-0.2, 0) is 17.8 Å². The number of nitrogens with two attached hydrogens (primary N) is 1. The number of nitrogens with zero attached hydrogens (tertiary/aromatic N) is 1. The molecule has 0 bridgehead atoms. The largest absolute Gasteiger partial charge is 0.349 e. The van der Waals surface area contributed by atoms with Crippen molar-refractivity contribution in [3.8, 4) is 0 Å². The Morgan fingerprint density at radius 1 is 1.25 bits per heavy atom. The minimum Gasteiger partial charge on any atom is -0.349 e. The maximum Gasteiger partial charge on any atom is 0.241 e. The first-order valence-electron chi connectivity index (χ1n) is 6.73. The zero-order chi connectivity index (χ0) is 14.4. The number of amides is 1. The Kier molecular flexibility index (Phi) is 4.85. The molecule has 104 valence electrons. The van der Waals surface area contributed by atoms with Crippen molar-refractivity contribution >= 4 is 5.91 Å². The van der Waals surface area contributed by atoms with Gasteiger partial charge in [-0.25, -0.2) is 0 Å². The van der Waals surface area contributed by atoms with Gasteiger partial charge in [-0.3, -0.25) is 9.78 Å². The molecule has 1 heterocycles. The standard InChI is InChI=1S/C16H19N3O/c1-2-12-9-6-10-18-14(12)11-19-16(20)15(17)13-7-4-3-5-8-13/h3-10,15H,2,11,17H2,1H3,(H,19,20)/t15-/m0/s1. The van der Waals surface area contributed by atoms with E-state index in [1.807, 2.05) is 42.5 Å². The van der Waals surface area contributed by atoms with E-state index in [0.717, 1.165) is 23.2 Å². The molecule has 0 radical (unpaired) electrons. The first-order valence-corrected chi connectivity index (χ1v) is 6.73. The molecule has 0 fully saturated rings. The number of aryl methyl sites for hydroxylation is 1. The lowest BCUT2D eigenvalue weighted by Gasteiger charge is -2.13. The summed E-state index contributed by atoms with van der Waals surface area (Å²) in [6.07, 6.45) is 2.63. The van der Waals surface area contributed by atoms with Gasteiger partial charge in [-0.05, 0) is 23.6 Å². The number of pyridine rings is 1. The highest BCUT2D eigenvalue weighted by Crippen LogP contribution is 2.10. The van der Waals surface area contributed by atoms with Crippen molar-refractivity contribution in [1.29, 1.82) is 0 Å². The van der Waals surface area contributed by atoms with E-state index in [2.05, 4.69) is 17.2 Å². The Morgan fingerprint density at radius 2 is 2.00 bits per heavy atom. The number of hydrogen-bond donors (Lipinski definition) is 2. The Balaban J connectivity index is 1.99. The van der Waals surface area contributed by atoms with Crippen LogP contribution in [-0.4, -0.2) is 10.9 Å². The van der Waals surface area contributed by atoms with Crippen molar-refractivity contribution in [1.82, 2.24) is 10.3 Å². The first-order chi connectivity index (χ1) is 9.72. The van der Waals surface area contributed by atoms with Crippen molar-refractivity contribution in [3.63, 3.8) is 0 Å². The molecular weight excluding hydrogens is 250 g/mol. The molecule has 0 saturated heterocycles. The second-order valence-electron chi connectivity index (χ2n) is 4.57. The van der Waals surface area contributed by atoms with Crippen molar-refractivity contribution in [2.75, 3.05) is 0 Å². The van der Waals surface area contributed by atoms with E-state index < -0.39 is 6.04 Å². The van der Waals surface area contributed by atoms with Gasteiger partial charge in [0.1, 0.15) is 6.04 Å². The average molecular weight is 269 g/mol. The highest BCUT2D eigenvalue weighted by atomic mass is 16.2. The van der Waals surface area contributed by atoms with Gasteiger partial charge in [0.2, 0.25) is 5.91 Å². The second kappa shape index (κ2) is 6.82.